The largest absolute Gasteiger partial charge is 0.496 e. The van der Waals surface area contributed by atoms with Gasteiger partial charge in [-0.1, -0.05) is 63.7 Å². The molecule has 0 aliphatic carbocycles. The lowest BCUT2D eigenvalue weighted by Crippen LogP contribution is -2.15. The minimum Gasteiger partial charge on any atom is -0.496 e. The van der Waals surface area contributed by atoms with Gasteiger partial charge >= 0.3 is 0 Å². The molecule has 1 N–H and O–H groups in total. The average molecular weight is 938 g/mol. The molecule has 0 saturated heterocycles. The van der Waals surface area contributed by atoms with E-state index in [4.69, 9.17) is 34.8 Å². The average Bonchev–Trinajstić information content (AvgIpc) is 2.98. The van der Waals surface area contributed by atoms with Gasteiger partial charge in [0.05, 0.1) is 20.8 Å². The highest BCUT2D eigenvalue weighted by molar-refractivity contribution is 9.11. The van der Waals surface area contributed by atoms with Crippen molar-refractivity contribution >= 4 is 106 Å². The van der Waals surface area contributed by atoms with Crippen molar-refractivity contribution in [3.05, 3.63) is 101 Å². The quantitative estimate of drug-likeness (QED) is 0.162. The van der Waals surface area contributed by atoms with Gasteiger partial charge in [0.25, 0.3) is 0 Å². The third kappa shape index (κ3) is 8.27. The van der Waals surface area contributed by atoms with Crippen LogP contribution in [-0.2, 0) is 9.23 Å². The van der Waals surface area contributed by atoms with Crippen LogP contribution in [0.5, 0.6) is 34.5 Å². The minimum atomic E-state index is -1.67. The van der Waals surface area contributed by atoms with Gasteiger partial charge in [-0.3, -0.25) is 0 Å². The summed E-state index contributed by atoms with van der Waals surface area (Å²) in [7, 11) is 10.6. The number of aliphatic hydroxyl groups is 1. The highest BCUT2D eigenvalue weighted by Crippen LogP contribution is 2.51. The lowest BCUT2D eigenvalue weighted by atomic mass is 9.88. The van der Waals surface area contributed by atoms with Crippen LogP contribution in [0.4, 0.5) is 0 Å². The molecule has 2 atom stereocenters. The predicted octanol–water partition coefficient (Wildman–Crippen LogP) is 11.2. The molecule has 2 unspecified atom stereocenters. The van der Waals surface area contributed by atoms with Crippen LogP contribution in [-0.4, -0.2) is 36.0 Å². The molecule has 0 radical (unpaired) electrons. The number of hydrogen-bond donors (Lipinski definition) is 1. The molecule has 6 nitrogen and oxygen atoms in total. The van der Waals surface area contributed by atoms with Crippen molar-refractivity contribution in [1.29, 1.82) is 0 Å². The molecule has 14 heteroatoms. The molecule has 0 fully saturated rings. The summed E-state index contributed by atoms with van der Waals surface area (Å²) in [6, 6.07) is 19.4. The molecule has 2 aliphatic rings. The highest BCUT2D eigenvalue weighted by Gasteiger charge is 2.32. The summed E-state index contributed by atoms with van der Waals surface area (Å²) in [4.78, 5) is 0. The topological polar surface area (TPSA) is 74.2 Å². The number of benzene rings is 4. The second kappa shape index (κ2) is 16.2. The first kappa shape index (κ1) is 35.8. The van der Waals surface area contributed by atoms with Crippen molar-refractivity contribution in [2.75, 3.05) is 26.7 Å². The molecule has 6 rings (SSSR count). The molecule has 4 aromatic carbocycles. The maximum Gasteiger partial charge on any atom is 0.211 e. The predicted molar refractivity (Wildman–Crippen MR) is 191 cm³/mol. The molecule has 4 aromatic rings. The number of aliphatic hydroxyl groups excluding tert-OH is 1. The highest BCUT2D eigenvalue weighted by atomic mass is 79.9. The van der Waals surface area contributed by atoms with Gasteiger partial charge in [0.15, 0.2) is 0 Å². The van der Waals surface area contributed by atoms with E-state index >= 15 is 0 Å². The van der Waals surface area contributed by atoms with E-state index in [0.29, 0.717) is 17.4 Å². The fraction of sp³-hybridized carbons (Fsp3) is 0.200. The lowest BCUT2D eigenvalue weighted by molar-refractivity contribution is 0.267. The van der Waals surface area contributed by atoms with Gasteiger partial charge < -0.3 is 24.1 Å². The second-order valence-corrected chi connectivity index (χ2v) is 15.7. The molecule has 0 spiro atoms. The summed E-state index contributed by atoms with van der Waals surface area (Å²) >= 11 is 20.1. The van der Waals surface area contributed by atoms with Crippen molar-refractivity contribution in [1.82, 2.24) is 0 Å². The Kier molecular flexibility index (Phi) is 13.2. The van der Waals surface area contributed by atoms with Gasteiger partial charge in [-0.2, -0.15) is 0 Å². The number of methoxy groups -OCH3 is 2. The smallest absolute Gasteiger partial charge is 0.211 e. The minimum absolute atomic E-state index is 0.00218. The van der Waals surface area contributed by atoms with Crippen molar-refractivity contribution in [3.63, 3.8) is 0 Å². The van der Waals surface area contributed by atoms with Gasteiger partial charge in [0.2, 0.25) is 9.23 Å². The van der Waals surface area contributed by atoms with Crippen LogP contribution < -0.4 is 18.9 Å². The monoisotopic (exact) mass is 932 g/mol. The van der Waals surface area contributed by atoms with E-state index in [0.717, 1.165) is 63.1 Å². The molecule has 0 bridgehead atoms. The van der Waals surface area contributed by atoms with Crippen LogP contribution in [0, 0.1) is 0 Å². The lowest BCUT2D eigenvalue weighted by Gasteiger charge is -2.28. The summed E-state index contributed by atoms with van der Waals surface area (Å²) in [5, 5.41) is 9.83. The standard InChI is InChI=1S/C15H11Br2ClO2.C15H12Br2O3.Cl2OS/c2*1-19-13-5-9(17)6-14-15(13)11(7-18)10-4-8(16)2-3-12(10)20-14;1-4(2)3/h2-6,11H,7H2,1H3;2-6,11,18H,7H2,1H3;. The van der Waals surface area contributed by atoms with Crippen LogP contribution in [0.1, 0.15) is 34.1 Å². The SMILES string of the molecule is COc1cc(Br)cc2c1C(CCl)c1cc(Br)ccc1O2.COc1cc(Br)cc2c1C(CO)c1cc(Br)ccc1O2.O=S(Cl)Cl. The number of rotatable bonds is 4. The first-order valence-corrected chi connectivity index (χ1v) is 19.1. The van der Waals surface area contributed by atoms with Crippen LogP contribution in [0.3, 0.4) is 0 Å². The van der Waals surface area contributed by atoms with Gasteiger partial charge in [-0.15, -0.1) is 11.6 Å². The van der Waals surface area contributed by atoms with E-state index in [9.17, 15) is 5.11 Å². The van der Waals surface area contributed by atoms with E-state index in [2.05, 4.69) is 85.1 Å². The van der Waals surface area contributed by atoms with Crippen molar-refractivity contribution in [3.8, 4) is 34.5 Å². The van der Waals surface area contributed by atoms with Gasteiger partial charge in [0, 0.05) is 79.2 Å². The summed E-state index contributed by atoms with van der Waals surface area (Å²) in [5.41, 5.74) is 3.90. The molecule has 0 saturated carbocycles. The molecule has 234 valence electrons. The molecule has 0 aromatic heterocycles. The first-order valence-electron chi connectivity index (χ1n) is 12.6. The molecule has 0 amide bonds. The zero-order chi connectivity index (χ0) is 32.1. The van der Waals surface area contributed by atoms with Gasteiger partial charge in [0.1, 0.15) is 34.5 Å². The van der Waals surface area contributed by atoms with Gasteiger partial charge in [-0.25, -0.2) is 4.21 Å². The second-order valence-electron chi connectivity index (χ2n) is 9.23. The van der Waals surface area contributed by atoms with Crippen LogP contribution in [0.25, 0.3) is 0 Å². The summed E-state index contributed by atoms with van der Waals surface area (Å²) in [6.07, 6.45) is 0. The third-order valence-corrected chi connectivity index (χ3v) is 8.96. The Balaban J connectivity index is 0.000000179. The molecule has 2 aliphatic heterocycles. The molecular weight excluding hydrogens is 914 g/mol. The first-order chi connectivity index (χ1) is 21.0. The zero-order valence-electron chi connectivity index (χ0n) is 22.9. The fourth-order valence-electron chi connectivity index (χ4n) is 5.00. The Morgan fingerprint density at radius 1 is 0.705 bits per heavy atom. The number of fused-ring (bicyclic) bond motifs is 4. The van der Waals surface area contributed by atoms with E-state index in [1.165, 1.54) is 0 Å². The van der Waals surface area contributed by atoms with Crippen molar-refractivity contribution in [2.45, 2.75) is 11.8 Å². The third-order valence-electron chi connectivity index (χ3n) is 6.75. The number of ether oxygens (including phenoxy) is 4. The number of alkyl halides is 1. The maximum absolute atomic E-state index is 9.83. The number of halogens is 7. The van der Waals surface area contributed by atoms with E-state index in [1.807, 2.05) is 60.7 Å². The fourth-order valence-corrected chi connectivity index (χ4v) is 6.91. The van der Waals surface area contributed by atoms with E-state index in [1.54, 1.807) is 14.2 Å². The van der Waals surface area contributed by atoms with Crippen LogP contribution in [0.15, 0.2) is 78.6 Å². The van der Waals surface area contributed by atoms with Crippen LogP contribution >= 0.6 is 96.7 Å². The van der Waals surface area contributed by atoms with Gasteiger partial charge in [-0.05, 0) is 60.7 Å². The maximum atomic E-state index is 9.83. The van der Waals surface area contributed by atoms with E-state index in [-0.39, 0.29) is 18.4 Å². The Labute approximate surface area is 305 Å². The summed E-state index contributed by atoms with van der Waals surface area (Å²) < 4.78 is 35.7. The van der Waals surface area contributed by atoms with Crippen molar-refractivity contribution in [2.24, 2.45) is 0 Å². The Hall–Kier alpha value is -1.02. The Morgan fingerprint density at radius 3 is 1.50 bits per heavy atom. The molecule has 44 heavy (non-hydrogen) atoms. The normalized spacial score (nSPS) is 15.4. The van der Waals surface area contributed by atoms with Crippen molar-refractivity contribution < 1.29 is 28.3 Å². The summed E-state index contributed by atoms with van der Waals surface area (Å²) in [5.74, 6) is 4.96. The molecule has 2 heterocycles. The Morgan fingerprint density at radius 2 is 1.11 bits per heavy atom. The number of hydrogen-bond acceptors (Lipinski definition) is 6. The molecular formula is C30H23Br4Cl3O6S. The van der Waals surface area contributed by atoms with E-state index < -0.39 is 9.23 Å². The zero-order valence-corrected chi connectivity index (χ0v) is 32.3. The summed E-state index contributed by atoms with van der Waals surface area (Å²) in [6.45, 7) is -0.00218. The van der Waals surface area contributed by atoms with Crippen LogP contribution in [0.2, 0.25) is 0 Å². The Bertz CT molecular complexity index is 1570.